The number of amides is 1. The maximum atomic E-state index is 12.3. The molecule has 1 aliphatic heterocycles. The number of hydrogen-bond donors (Lipinski definition) is 0. The number of esters is 1. The Labute approximate surface area is 136 Å². The van der Waals surface area contributed by atoms with E-state index in [0.29, 0.717) is 30.8 Å². The molecule has 0 bridgehead atoms. The SMILES string of the molecule is CCC(c1ccc(OC)c(OC)c1)N1C(=O)CCC1C(=O)OC. The molecule has 0 spiro atoms. The molecule has 2 rings (SSSR count). The van der Waals surface area contributed by atoms with Crippen molar-refractivity contribution in [1.29, 1.82) is 0 Å². The van der Waals surface area contributed by atoms with Gasteiger partial charge in [0.15, 0.2) is 11.5 Å². The smallest absolute Gasteiger partial charge is 0.328 e. The normalized spacial score (nSPS) is 18.7. The quantitative estimate of drug-likeness (QED) is 0.752. The van der Waals surface area contributed by atoms with Crippen molar-refractivity contribution in [2.75, 3.05) is 21.3 Å². The van der Waals surface area contributed by atoms with Gasteiger partial charge in [-0.3, -0.25) is 4.79 Å². The van der Waals surface area contributed by atoms with E-state index in [-0.39, 0.29) is 17.9 Å². The van der Waals surface area contributed by atoms with Gasteiger partial charge in [0, 0.05) is 6.42 Å². The van der Waals surface area contributed by atoms with E-state index < -0.39 is 6.04 Å². The molecule has 23 heavy (non-hydrogen) atoms. The third-order valence-corrected chi connectivity index (χ3v) is 4.24. The Kier molecular flexibility index (Phi) is 5.47. The van der Waals surface area contributed by atoms with Crippen LogP contribution in [0.4, 0.5) is 0 Å². The van der Waals surface area contributed by atoms with Gasteiger partial charge in [-0.05, 0) is 30.5 Å². The van der Waals surface area contributed by atoms with Gasteiger partial charge in [0.1, 0.15) is 6.04 Å². The fraction of sp³-hybridized carbons (Fsp3) is 0.529. The van der Waals surface area contributed by atoms with Crippen LogP contribution in [0.1, 0.15) is 37.8 Å². The van der Waals surface area contributed by atoms with E-state index in [1.54, 1.807) is 19.1 Å². The molecular weight excluding hydrogens is 298 g/mol. The first-order chi connectivity index (χ1) is 11.1. The van der Waals surface area contributed by atoms with Crippen LogP contribution in [-0.4, -0.2) is 44.1 Å². The van der Waals surface area contributed by atoms with Crippen molar-refractivity contribution in [3.8, 4) is 11.5 Å². The van der Waals surface area contributed by atoms with Crippen LogP contribution >= 0.6 is 0 Å². The molecule has 2 atom stereocenters. The topological polar surface area (TPSA) is 65.1 Å². The zero-order valence-electron chi connectivity index (χ0n) is 14.0. The standard InChI is InChI=1S/C17H23NO5/c1-5-12(11-6-8-14(21-2)15(10-11)22-3)18-13(17(20)23-4)7-9-16(18)19/h6,8,10,12-13H,5,7,9H2,1-4H3. The summed E-state index contributed by atoms with van der Waals surface area (Å²) >= 11 is 0. The van der Waals surface area contributed by atoms with Gasteiger partial charge in [-0.1, -0.05) is 13.0 Å². The highest BCUT2D eigenvalue weighted by atomic mass is 16.5. The third-order valence-electron chi connectivity index (χ3n) is 4.24. The number of methoxy groups -OCH3 is 3. The maximum Gasteiger partial charge on any atom is 0.328 e. The first-order valence-electron chi connectivity index (χ1n) is 7.68. The summed E-state index contributed by atoms with van der Waals surface area (Å²) in [6.07, 6.45) is 1.55. The number of carbonyl (C=O) groups is 2. The van der Waals surface area contributed by atoms with E-state index >= 15 is 0 Å². The number of likely N-dealkylation sites (tertiary alicyclic amines) is 1. The van der Waals surface area contributed by atoms with Crippen molar-refractivity contribution < 1.29 is 23.8 Å². The van der Waals surface area contributed by atoms with E-state index in [2.05, 4.69) is 0 Å². The van der Waals surface area contributed by atoms with Crippen molar-refractivity contribution >= 4 is 11.9 Å². The van der Waals surface area contributed by atoms with E-state index in [9.17, 15) is 9.59 Å². The Morgan fingerprint density at radius 1 is 1.26 bits per heavy atom. The molecule has 1 aliphatic rings. The number of nitrogens with zero attached hydrogens (tertiary/aromatic N) is 1. The molecule has 1 amide bonds. The fourth-order valence-electron chi connectivity index (χ4n) is 3.11. The van der Waals surface area contributed by atoms with Gasteiger partial charge in [0.2, 0.25) is 5.91 Å². The predicted molar refractivity (Wildman–Crippen MR) is 84.5 cm³/mol. The minimum Gasteiger partial charge on any atom is -0.493 e. The van der Waals surface area contributed by atoms with Crippen LogP contribution in [-0.2, 0) is 14.3 Å². The minimum atomic E-state index is -0.523. The van der Waals surface area contributed by atoms with Gasteiger partial charge in [0.25, 0.3) is 0 Å². The van der Waals surface area contributed by atoms with E-state index in [0.717, 1.165) is 5.56 Å². The lowest BCUT2D eigenvalue weighted by Crippen LogP contribution is -2.41. The molecule has 1 aromatic carbocycles. The minimum absolute atomic E-state index is 0.0259. The lowest BCUT2D eigenvalue weighted by molar-refractivity contribution is -0.151. The zero-order valence-corrected chi connectivity index (χ0v) is 14.0. The average Bonchev–Trinajstić information content (AvgIpc) is 2.96. The fourth-order valence-corrected chi connectivity index (χ4v) is 3.11. The summed E-state index contributed by atoms with van der Waals surface area (Å²) in [5.41, 5.74) is 0.911. The molecule has 0 aromatic heterocycles. The molecule has 2 unspecified atom stereocenters. The number of rotatable bonds is 6. The summed E-state index contributed by atoms with van der Waals surface area (Å²) in [6.45, 7) is 1.99. The molecule has 6 heteroatoms. The first kappa shape index (κ1) is 17.1. The Hall–Kier alpha value is -2.24. The third kappa shape index (κ3) is 3.25. The Morgan fingerprint density at radius 3 is 2.52 bits per heavy atom. The van der Waals surface area contributed by atoms with Crippen LogP contribution < -0.4 is 9.47 Å². The van der Waals surface area contributed by atoms with Crippen LogP contribution in [0.5, 0.6) is 11.5 Å². The number of benzene rings is 1. The van der Waals surface area contributed by atoms with E-state index in [1.165, 1.54) is 7.11 Å². The molecule has 0 N–H and O–H groups in total. The van der Waals surface area contributed by atoms with Crippen LogP contribution in [0.2, 0.25) is 0 Å². The Balaban J connectivity index is 2.38. The highest BCUT2D eigenvalue weighted by Gasteiger charge is 2.41. The molecule has 1 heterocycles. The van der Waals surface area contributed by atoms with Crippen molar-refractivity contribution in [2.45, 2.75) is 38.3 Å². The van der Waals surface area contributed by atoms with Crippen molar-refractivity contribution in [1.82, 2.24) is 4.90 Å². The van der Waals surface area contributed by atoms with E-state index in [1.807, 2.05) is 25.1 Å². The van der Waals surface area contributed by atoms with Gasteiger partial charge in [-0.15, -0.1) is 0 Å². The summed E-state index contributed by atoms with van der Waals surface area (Å²) in [7, 11) is 4.49. The lowest BCUT2D eigenvalue weighted by atomic mass is 10.0. The Bertz CT molecular complexity index is 586. The summed E-state index contributed by atoms with van der Waals surface area (Å²) in [4.78, 5) is 25.9. The van der Waals surface area contributed by atoms with Crippen LogP contribution in [0.15, 0.2) is 18.2 Å². The van der Waals surface area contributed by atoms with E-state index in [4.69, 9.17) is 14.2 Å². The molecule has 126 valence electrons. The maximum absolute atomic E-state index is 12.3. The number of carbonyl (C=O) groups excluding carboxylic acids is 2. The molecule has 1 fully saturated rings. The highest BCUT2D eigenvalue weighted by Crippen LogP contribution is 2.37. The van der Waals surface area contributed by atoms with Gasteiger partial charge >= 0.3 is 5.97 Å². The van der Waals surface area contributed by atoms with Gasteiger partial charge in [-0.2, -0.15) is 0 Å². The zero-order chi connectivity index (χ0) is 17.0. The summed E-state index contributed by atoms with van der Waals surface area (Å²) in [5.74, 6) is 0.838. The summed E-state index contributed by atoms with van der Waals surface area (Å²) < 4.78 is 15.4. The molecular formula is C17H23NO5. The van der Waals surface area contributed by atoms with Crippen molar-refractivity contribution in [3.05, 3.63) is 23.8 Å². The first-order valence-corrected chi connectivity index (χ1v) is 7.68. The second-order valence-corrected chi connectivity index (χ2v) is 5.42. The van der Waals surface area contributed by atoms with Crippen molar-refractivity contribution in [3.63, 3.8) is 0 Å². The Morgan fingerprint density at radius 2 is 1.96 bits per heavy atom. The molecule has 6 nitrogen and oxygen atoms in total. The number of hydrogen-bond acceptors (Lipinski definition) is 5. The van der Waals surface area contributed by atoms with Crippen LogP contribution in [0.25, 0.3) is 0 Å². The van der Waals surface area contributed by atoms with Gasteiger partial charge in [-0.25, -0.2) is 4.79 Å². The summed E-state index contributed by atoms with van der Waals surface area (Å²) in [5, 5.41) is 0. The largest absolute Gasteiger partial charge is 0.493 e. The molecule has 0 saturated carbocycles. The van der Waals surface area contributed by atoms with Crippen molar-refractivity contribution in [2.24, 2.45) is 0 Å². The van der Waals surface area contributed by atoms with Gasteiger partial charge in [0.05, 0.1) is 27.4 Å². The molecule has 0 aliphatic carbocycles. The second-order valence-electron chi connectivity index (χ2n) is 5.42. The van der Waals surface area contributed by atoms with Crippen LogP contribution in [0, 0.1) is 0 Å². The molecule has 1 aromatic rings. The molecule has 0 radical (unpaired) electrons. The number of ether oxygens (including phenoxy) is 3. The summed E-state index contributed by atoms with van der Waals surface area (Å²) in [6, 6.07) is 4.84. The monoisotopic (exact) mass is 321 g/mol. The highest BCUT2D eigenvalue weighted by molar-refractivity contribution is 5.88. The second kappa shape index (κ2) is 7.35. The van der Waals surface area contributed by atoms with Gasteiger partial charge < -0.3 is 19.1 Å². The van der Waals surface area contributed by atoms with Crippen LogP contribution in [0.3, 0.4) is 0 Å². The predicted octanol–water partition coefficient (Wildman–Crippen LogP) is 2.32. The molecule has 1 saturated heterocycles. The lowest BCUT2D eigenvalue weighted by Gasteiger charge is -2.32. The average molecular weight is 321 g/mol.